The van der Waals surface area contributed by atoms with E-state index in [4.69, 9.17) is 4.74 Å². The predicted molar refractivity (Wildman–Crippen MR) is 69.4 cm³/mol. The standard InChI is InChI=1S/C14H18N2O/c1-9-8-10(2)13(14(17-5)11(9)3)12-6-7-15-16(12)4/h6-8H,1-5H3. The van der Waals surface area contributed by atoms with Crippen molar-refractivity contribution in [2.45, 2.75) is 20.8 Å². The van der Waals surface area contributed by atoms with Gasteiger partial charge in [-0.1, -0.05) is 6.07 Å². The van der Waals surface area contributed by atoms with Gasteiger partial charge in [-0.3, -0.25) is 4.68 Å². The van der Waals surface area contributed by atoms with Gasteiger partial charge in [-0.15, -0.1) is 0 Å². The van der Waals surface area contributed by atoms with E-state index in [1.165, 1.54) is 16.7 Å². The Morgan fingerprint density at radius 3 is 2.41 bits per heavy atom. The fraction of sp³-hybridized carbons (Fsp3) is 0.357. The molecule has 2 rings (SSSR count). The minimum atomic E-state index is 0.950. The highest BCUT2D eigenvalue weighted by atomic mass is 16.5. The van der Waals surface area contributed by atoms with Crippen molar-refractivity contribution in [3.05, 3.63) is 35.0 Å². The summed E-state index contributed by atoms with van der Waals surface area (Å²) in [7, 11) is 3.67. The normalized spacial score (nSPS) is 10.6. The van der Waals surface area contributed by atoms with E-state index in [2.05, 4.69) is 31.9 Å². The van der Waals surface area contributed by atoms with E-state index in [1.54, 1.807) is 7.11 Å². The van der Waals surface area contributed by atoms with Crippen molar-refractivity contribution < 1.29 is 4.74 Å². The Morgan fingerprint density at radius 1 is 1.18 bits per heavy atom. The van der Waals surface area contributed by atoms with Crippen LogP contribution in [0.4, 0.5) is 0 Å². The van der Waals surface area contributed by atoms with Gasteiger partial charge in [-0.2, -0.15) is 5.10 Å². The molecule has 0 saturated heterocycles. The highest BCUT2D eigenvalue weighted by molar-refractivity contribution is 5.74. The van der Waals surface area contributed by atoms with Crippen LogP contribution in [0.25, 0.3) is 11.3 Å². The Kier molecular flexibility index (Phi) is 2.92. The van der Waals surface area contributed by atoms with Gasteiger partial charge in [0.05, 0.1) is 12.8 Å². The summed E-state index contributed by atoms with van der Waals surface area (Å²) in [6, 6.07) is 4.21. The average molecular weight is 230 g/mol. The lowest BCUT2D eigenvalue weighted by Gasteiger charge is -2.16. The molecule has 1 aromatic heterocycles. The highest BCUT2D eigenvalue weighted by Gasteiger charge is 2.16. The van der Waals surface area contributed by atoms with Crippen LogP contribution in [0.2, 0.25) is 0 Å². The Balaban J connectivity index is 2.77. The second-order valence-electron chi connectivity index (χ2n) is 4.38. The van der Waals surface area contributed by atoms with Crippen LogP contribution in [0.1, 0.15) is 16.7 Å². The van der Waals surface area contributed by atoms with Crippen molar-refractivity contribution in [2.24, 2.45) is 7.05 Å². The largest absolute Gasteiger partial charge is 0.496 e. The molecular formula is C14H18N2O. The first-order chi connectivity index (χ1) is 8.06. The molecule has 0 aliphatic rings. The van der Waals surface area contributed by atoms with Crippen LogP contribution in [0.3, 0.4) is 0 Å². The molecule has 3 nitrogen and oxygen atoms in total. The summed E-state index contributed by atoms with van der Waals surface area (Å²) in [5.41, 5.74) is 5.88. The lowest BCUT2D eigenvalue weighted by atomic mass is 9.97. The summed E-state index contributed by atoms with van der Waals surface area (Å²) in [6.45, 7) is 6.31. The van der Waals surface area contributed by atoms with E-state index in [0.29, 0.717) is 0 Å². The fourth-order valence-corrected chi connectivity index (χ4v) is 2.24. The monoisotopic (exact) mass is 230 g/mol. The molecule has 0 aliphatic heterocycles. The number of benzene rings is 1. The lowest BCUT2D eigenvalue weighted by molar-refractivity contribution is 0.412. The van der Waals surface area contributed by atoms with Gasteiger partial charge in [0, 0.05) is 18.8 Å². The Hall–Kier alpha value is -1.77. The predicted octanol–water partition coefficient (Wildman–Crippen LogP) is 3.02. The van der Waals surface area contributed by atoms with Gasteiger partial charge in [0.15, 0.2) is 0 Å². The van der Waals surface area contributed by atoms with Crippen molar-refractivity contribution in [1.82, 2.24) is 9.78 Å². The van der Waals surface area contributed by atoms with Gasteiger partial charge >= 0.3 is 0 Å². The van der Waals surface area contributed by atoms with Crippen LogP contribution >= 0.6 is 0 Å². The molecule has 0 N–H and O–H groups in total. The molecule has 0 atom stereocenters. The molecule has 0 saturated carbocycles. The number of nitrogens with zero attached hydrogens (tertiary/aromatic N) is 2. The van der Waals surface area contributed by atoms with Crippen molar-refractivity contribution in [3.8, 4) is 17.0 Å². The highest BCUT2D eigenvalue weighted by Crippen LogP contribution is 2.37. The average Bonchev–Trinajstić information content (AvgIpc) is 2.69. The summed E-state index contributed by atoms with van der Waals surface area (Å²) in [5.74, 6) is 0.950. The Morgan fingerprint density at radius 2 is 1.88 bits per heavy atom. The quantitative estimate of drug-likeness (QED) is 0.793. The van der Waals surface area contributed by atoms with Gasteiger partial charge in [0.1, 0.15) is 5.75 Å². The van der Waals surface area contributed by atoms with Crippen LogP contribution in [-0.4, -0.2) is 16.9 Å². The zero-order valence-corrected chi connectivity index (χ0v) is 11.0. The molecule has 0 amide bonds. The first-order valence-corrected chi connectivity index (χ1v) is 5.69. The van der Waals surface area contributed by atoms with E-state index >= 15 is 0 Å². The summed E-state index contributed by atoms with van der Waals surface area (Å²) >= 11 is 0. The molecule has 2 aromatic rings. The minimum absolute atomic E-state index is 0.950. The molecular weight excluding hydrogens is 212 g/mol. The molecule has 90 valence electrons. The molecule has 0 spiro atoms. The van der Waals surface area contributed by atoms with Gasteiger partial charge in [0.25, 0.3) is 0 Å². The number of ether oxygens (including phenoxy) is 1. The zero-order valence-electron chi connectivity index (χ0n) is 11.0. The van der Waals surface area contributed by atoms with Crippen LogP contribution < -0.4 is 4.74 Å². The summed E-state index contributed by atoms with van der Waals surface area (Å²) < 4.78 is 7.45. The SMILES string of the molecule is COc1c(C)c(C)cc(C)c1-c1ccnn1C. The minimum Gasteiger partial charge on any atom is -0.496 e. The number of hydrogen-bond acceptors (Lipinski definition) is 2. The van der Waals surface area contributed by atoms with Crippen LogP contribution in [0.15, 0.2) is 18.3 Å². The maximum Gasteiger partial charge on any atom is 0.131 e. The molecule has 17 heavy (non-hydrogen) atoms. The third-order valence-electron chi connectivity index (χ3n) is 3.27. The van der Waals surface area contributed by atoms with Gasteiger partial charge in [-0.05, 0) is 43.5 Å². The number of aryl methyl sites for hydroxylation is 3. The van der Waals surface area contributed by atoms with Crippen molar-refractivity contribution in [3.63, 3.8) is 0 Å². The first kappa shape index (κ1) is 11.7. The maximum absolute atomic E-state index is 5.58. The Bertz CT molecular complexity index is 556. The van der Waals surface area contributed by atoms with Crippen molar-refractivity contribution in [2.75, 3.05) is 7.11 Å². The zero-order chi connectivity index (χ0) is 12.6. The van der Waals surface area contributed by atoms with E-state index in [0.717, 1.165) is 17.0 Å². The number of methoxy groups -OCH3 is 1. The van der Waals surface area contributed by atoms with Gasteiger partial charge < -0.3 is 4.74 Å². The third kappa shape index (κ3) is 1.82. The van der Waals surface area contributed by atoms with E-state index in [9.17, 15) is 0 Å². The molecule has 0 bridgehead atoms. The van der Waals surface area contributed by atoms with E-state index in [-0.39, 0.29) is 0 Å². The van der Waals surface area contributed by atoms with E-state index < -0.39 is 0 Å². The number of aromatic nitrogens is 2. The summed E-state index contributed by atoms with van der Waals surface area (Å²) in [5, 5.41) is 4.22. The molecule has 0 fully saturated rings. The smallest absolute Gasteiger partial charge is 0.131 e. The van der Waals surface area contributed by atoms with Crippen molar-refractivity contribution >= 4 is 0 Å². The van der Waals surface area contributed by atoms with Crippen LogP contribution in [0, 0.1) is 20.8 Å². The second-order valence-corrected chi connectivity index (χ2v) is 4.38. The molecule has 0 radical (unpaired) electrons. The van der Waals surface area contributed by atoms with Crippen LogP contribution in [0.5, 0.6) is 5.75 Å². The summed E-state index contributed by atoms with van der Waals surface area (Å²) in [4.78, 5) is 0. The third-order valence-corrected chi connectivity index (χ3v) is 3.27. The van der Waals surface area contributed by atoms with E-state index in [1.807, 2.05) is 24.0 Å². The summed E-state index contributed by atoms with van der Waals surface area (Å²) in [6.07, 6.45) is 1.81. The fourth-order valence-electron chi connectivity index (χ4n) is 2.24. The second kappa shape index (κ2) is 4.24. The number of hydrogen-bond donors (Lipinski definition) is 0. The molecule has 1 aromatic carbocycles. The number of rotatable bonds is 2. The molecule has 0 unspecified atom stereocenters. The molecule has 3 heteroatoms. The Labute approximate surface area is 102 Å². The van der Waals surface area contributed by atoms with Crippen molar-refractivity contribution in [1.29, 1.82) is 0 Å². The maximum atomic E-state index is 5.58. The first-order valence-electron chi connectivity index (χ1n) is 5.69. The van der Waals surface area contributed by atoms with Crippen LogP contribution in [-0.2, 0) is 7.05 Å². The topological polar surface area (TPSA) is 27.1 Å². The molecule has 0 aliphatic carbocycles. The van der Waals surface area contributed by atoms with Gasteiger partial charge in [0.2, 0.25) is 0 Å². The van der Waals surface area contributed by atoms with Gasteiger partial charge in [-0.25, -0.2) is 0 Å². The molecule has 1 heterocycles. The lowest BCUT2D eigenvalue weighted by Crippen LogP contribution is -2.01.